The van der Waals surface area contributed by atoms with Gasteiger partial charge < -0.3 is 5.73 Å². The molecule has 0 atom stereocenters. The SMILES string of the molecule is Cl.Cn1nc(N2CCC(=O)NC2=O)c2cccc(N)c21. The van der Waals surface area contributed by atoms with E-state index in [1.54, 1.807) is 17.8 Å². The zero-order valence-electron chi connectivity index (χ0n) is 10.8. The van der Waals surface area contributed by atoms with E-state index in [4.69, 9.17) is 5.73 Å². The van der Waals surface area contributed by atoms with Gasteiger partial charge in [-0.05, 0) is 12.1 Å². The molecule has 1 aromatic carbocycles. The molecule has 106 valence electrons. The van der Waals surface area contributed by atoms with Crippen molar-refractivity contribution in [3.63, 3.8) is 0 Å². The maximum Gasteiger partial charge on any atom is 0.329 e. The van der Waals surface area contributed by atoms with Gasteiger partial charge in [0.1, 0.15) is 0 Å². The summed E-state index contributed by atoms with van der Waals surface area (Å²) in [6.07, 6.45) is 0.270. The van der Waals surface area contributed by atoms with E-state index in [-0.39, 0.29) is 24.7 Å². The zero-order valence-corrected chi connectivity index (χ0v) is 11.6. The molecule has 1 saturated heterocycles. The van der Waals surface area contributed by atoms with Crippen LogP contribution in [0.3, 0.4) is 0 Å². The van der Waals surface area contributed by atoms with Gasteiger partial charge >= 0.3 is 6.03 Å². The van der Waals surface area contributed by atoms with Crippen molar-refractivity contribution in [3.05, 3.63) is 18.2 Å². The Kier molecular flexibility index (Phi) is 3.54. The van der Waals surface area contributed by atoms with Crippen LogP contribution in [0.25, 0.3) is 10.9 Å². The number of rotatable bonds is 1. The van der Waals surface area contributed by atoms with E-state index in [1.165, 1.54) is 4.90 Å². The van der Waals surface area contributed by atoms with Gasteiger partial charge in [0.25, 0.3) is 0 Å². The fraction of sp³-hybridized carbons (Fsp3) is 0.250. The Morgan fingerprint density at radius 2 is 2.10 bits per heavy atom. The molecule has 3 rings (SSSR count). The highest BCUT2D eigenvalue weighted by molar-refractivity contribution is 6.09. The summed E-state index contributed by atoms with van der Waals surface area (Å²) in [5.41, 5.74) is 7.31. The van der Waals surface area contributed by atoms with E-state index in [0.29, 0.717) is 18.1 Å². The third kappa shape index (κ3) is 2.05. The number of nitrogen functional groups attached to an aromatic ring is 1. The summed E-state index contributed by atoms with van der Waals surface area (Å²) in [6, 6.07) is 5.01. The Morgan fingerprint density at radius 3 is 2.80 bits per heavy atom. The molecular weight excluding hydrogens is 282 g/mol. The first-order valence-electron chi connectivity index (χ1n) is 5.90. The van der Waals surface area contributed by atoms with E-state index < -0.39 is 6.03 Å². The van der Waals surface area contributed by atoms with E-state index in [9.17, 15) is 9.59 Å². The molecule has 8 heteroatoms. The molecule has 7 nitrogen and oxygen atoms in total. The molecule has 20 heavy (non-hydrogen) atoms. The number of nitrogens with two attached hydrogens (primary N) is 1. The lowest BCUT2D eigenvalue weighted by Crippen LogP contribution is -2.49. The molecule has 0 aliphatic carbocycles. The number of nitrogens with zero attached hydrogens (tertiary/aromatic N) is 3. The lowest BCUT2D eigenvalue weighted by Gasteiger charge is -2.24. The van der Waals surface area contributed by atoms with Crippen LogP contribution in [0.5, 0.6) is 0 Å². The fourth-order valence-corrected chi connectivity index (χ4v) is 2.31. The molecule has 3 N–H and O–H groups in total. The Morgan fingerprint density at radius 1 is 1.35 bits per heavy atom. The van der Waals surface area contributed by atoms with Crippen LogP contribution in [0.4, 0.5) is 16.3 Å². The van der Waals surface area contributed by atoms with Crippen molar-refractivity contribution in [2.75, 3.05) is 17.2 Å². The van der Waals surface area contributed by atoms with Crippen molar-refractivity contribution < 1.29 is 9.59 Å². The van der Waals surface area contributed by atoms with Crippen LogP contribution >= 0.6 is 12.4 Å². The van der Waals surface area contributed by atoms with Gasteiger partial charge in [-0.1, -0.05) is 6.07 Å². The number of aromatic nitrogens is 2. The molecule has 0 unspecified atom stereocenters. The molecule has 1 fully saturated rings. The number of carbonyl (C=O) groups excluding carboxylic acids is 2. The second kappa shape index (κ2) is 5.01. The van der Waals surface area contributed by atoms with E-state index in [1.807, 2.05) is 12.1 Å². The van der Waals surface area contributed by atoms with Crippen molar-refractivity contribution in [1.29, 1.82) is 0 Å². The summed E-state index contributed by atoms with van der Waals surface area (Å²) in [5.74, 6) is 0.260. The summed E-state index contributed by atoms with van der Waals surface area (Å²) in [4.78, 5) is 24.5. The third-order valence-corrected chi connectivity index (χ3v) is 3.19. The number of urea groups is 1. The molecule has 0 spiro atoms. The van der Waals surface area contributed by atoms with Crippen molar-refractivity contribution in [1.82, 2.24) is 15.1 Å². The van der Waals surface area contributed by atoms with Crippen LogP contribution < -0.4 is 16.0 Å². The van der Waals surface area contributed by atoms with Crippen LogP contribution in [0, 0.1) is 0 Å². The molecule has 3 amide bonds. The van der Waals surface area contributed by atoms with E-state index in [0.717, 1.165) is 10.9 Å². The molecule has 1 aliphatic heterocycles. The normalized spacial score (nSPS) is 15.2. The Balaban J connectivity index is 0.00000147. The molecule has 0 bridgehead atoms. The van der Waals surface area contributed by atoms with Crippen LogP contribution in [-0.4, -0.2) is 28.3 Å². The summed E-state index contributed by atoms with van der Waals surface area (Å²) in [6.45, 7) is 0.325. The van der Waals surface area contributed by atoms with Gasteiger partial charge in [0.05, 0.1) is 11.2 Å². The first kappa shape index (κ1) is 14.1. The number of nitrogens with one attached hydrogen (secondary N) is 1. The van der Waals surface area contributed by atoms with Crippen LogP contribution in [-0.2, 0) is 11.8 Å². The topological polar surface area (TPSA) is 93.2 Å². The number of imide groups is 1. The highest BCUT2D eigenvalue weighted by Crippen LogP contribution is 2.30. The second-order valence-electron chi connectivity index (χ2n) is 4.45. The van der Waals surface area contributed by atoms with Gasteiger partial charge in [0.15, 0.2) is 5.82 Å². The minimum absolute atomic E-state index is 0. The summed E-state index contributed by atoms with van der Waals surface area (Å²) in [5, 5.41) is 7.42. The van der Waals surface area contributed by atoms with Gasteiger partial charge in [0, 0.05) is 25.4 Å². The molecule has 0 radical (unpaired) electrons. The first-order valence-corrected chi connectivity index (χ1v) is 5.90. The standard InChI is InChI=1S/C12H13N5O2.ClH/c1-16-10-7(3-2-4-8(10)13)11(15-16)17-6-5-9(18)14-12(17)19;/h2-4H,5-6,13H2,1H3,(H,14,18,19);1H. The summed E-state index contributed by atoms with van der Waals surface area (Å²) in [7, 11) is 1.77. The number of anilines is 2. The predicted octanol–water partition coefficient (Wildman–Crippen LogP) is 1.02. The van der Waals surface area contributed by atoms with Crippen LogP contribution in [0.15, 0.2) is 18.2 Å². The highest BCUT2D eigenvalue weighted by atomic mass is 35.5. The largest absolute Gasteiger partial charge is 0.397 e. The van der Waals surface area contributed by atoms with E-state index >= 15 is 0 Å². The van der Waals surface area contributed by atoms with Gasteiger partial charge in [-0.2, -0.15) is 5.10 Å². The van der Waals surface area contributed by atoms with Crippen LogP contribution in [0.1, 0.15) is 6.42 Å². The molecule has 0 saturated carbocycles. The highest BCUT2D eigenvalue weighted by Gasteiger charge is 2.28. The van der Waals surface area contributed by atoms with Gasteiger partial charge in [-0.3, -0.25) is 19.7 Å². The quantitative estimate of drug-likeness (QED) is 0.768. The van der Waals surface area contributed by atoms with E-state index in [2.05, 4.69) is 10.4 Å². The number of aryl methyl sites for hydroxylation is 1. The molecule has 1 aliphatic rings. The number of benzene rings is 1. The first-order chi connectivity index (χ1) is 9.08. The van der Waals surface area contributed by atoms with Crippen molar-refractivity contribution in [3.8, 4) is 0 Å². The lowest BCUT2D eigenvalue weighted by molar-refractivity contribution is -0.120. The molecule has 1 aromatic heterocycles. The zero-order chi connectivity index (χ0) is 13.6. The molecule has 2 aromatic rings. The smallest absolute Gasteiger partial charge is 0.329 e. The van der Waals surface area contributed by atoms with Crippen molar-refractivity contribution in [2.45, 2.75) is 6.42 Å². The number of amides is 3. The van der Waals surface area contributed by atoms with Crippen molar-refractivity contribution in [2.24, 2.45) is 7.05 Å². The van der Waals surface area contributed by atoms with Gasteiger partial charge in [-0.15, -0.1) is 12.4 Å². The second-order valence-corrected chi connectivity index (χ2v) is 4.45. The Labute approximate surface area is 121 Å². The minimum Gasteiger partial charge on any atom is -0.397 e. The number of hydrogen-bond acceptors (Lipinski definition) is 4. The third-order valence-electron chi connectivity index (χ3n) is 3.19. The molecular formula is C12H14ClN5O2. The number of fused-ring (bicyclic) bond motifs is 1. The van der Waals surface area contributed by atoms with Crippen molar-refractivity contribution >= 4 is 46.8 Å². The van der Waals surface area contributed by atoms with Gasteiger partial charge in [-0.25, -0.2) is 4.79 Å². The Bertz CT molecular complexity index is 696. The van der Waals surface area contributed by atoms with Gasteiger partial charge in [0.2, 0.25) is 5.91 Å². The summed E-state index contributed by atoms with van der Waals surface area (Å²) >= 11 is 0. The number of carbonyl (C=O) groups is 2. The average molecular weight is 296 g/mol. The maximum absolute atomic E-state index is 11.9. The monoisotopic (exact) mass is 295 g/mol. The predicted molar refractivity (Wildman–Crippen MR) is 77.9 cm³/mol. The fourth-order valence-electron chi connectivity index (χ4n) is 2.31. The maximum atomic E-state index is 11.9. The number of hydrogen-bond donors (Lipinski definition) is 2. The molecule has 2 heterocycles. The minimum atomic E-state index is -0.446. The number of halogens is 1. The summed E-state index contributed by atoms with van der Waals surface area (Å²) < 4.78 is 1.64. The number of para-hydroxylation sites is 1. The van der Waals surface area contributed by atoms with Crippen LogP contribution in [0.2, 0.25) is 0 Å². The lowest BCUT2D eigenvalue weighted by atomic mass is 10.2. The average Bonchev–Trinajstić information content (AvgIpc) is 2.68. The Hall–Kier alpha value is -2.28.